The summed E-state index contributed by atoms with van der Waals surface area (Å²) in [6.45, 7) is 6.29. The highest BCUT2D eigenvalue weighted by Gasteiger charge is 2.24. The fourth-order valence-electron chi connectivity index (χ4n) is 2.59. The minimum atomic E-state index is -0.328. The molecule has 0 aliphatic carbocycles. The first kappa shape index (κ1) is 18.5. The Morgan fingerprint density at radius 2 is 2.12 bits per heavy atom. The monoisotopic (exact) mass is 337 g/mol. The number of hydrogen-bond acceptors (Lipinski definition) is 3. The first-order valence-corrected chi connectivity index (χ1v) is 8.36. The molecule has 0 radical (unpaired) electrons. The summed E-state index contributed by atoms with van der Waals surface area (Å²) in [6.07, 6.45) is 6.24. The Morgan fingerprint density at radius 3 is 2.80 bits per heavy atom. The number of amides is 2. The van der Waals surface area contributed by atoms with Gasteiger partial charge in [0.05, 0.1) is 12.7 Å². The maximum atomic E-state index is 12.4. The van der Waals surface area contributed by atoms with E-state index in [4.69, 9.17) is 4.74 Å². The average molecular weight is 337 g/mol. The van der Waals surface area contributed by atoms with Gasteiger partial charge in [-0.15, -0.1) is 0 Å². The standard InChI is InChI=1S/C21H23NO3/c1-5-6-8-18-9-7-12-22(21(18)24)20(23)11-10-17-13-15(2)16(3)19(14-17)25-4/h9-11,13-14H,5,7,12H2,1-4H3/b11-10+. The second-order valence-corrected chi connectivity index (χ2v) is 5.86. The van der Waals surface area contributed by atoms with E-state index < -0.39 is 0 Å². The molecule has 0 saturated carbocycles. The Bertz CT molecular complexity index is 806. The molecule has 0 bridgehead atoms. The molecular weight excluding hydrogens is 314 g/mol. The van der Waals surface area contributed by atoms with Crippen LogP contribution in [0.3, 0.4) is 0 Å². The molecule has 1 aromatic carbocycles. The molecule has 1 aliphatic heterocycles. The van der Waals surface area contributed by atoms with E-state index in [1.54, 1.807) is 19.3 Å². The second kappa shape index (κ2) is 8.34. The number of carbonyl (C=O) groups excluding carboxylic acids is 2. The molecule has 130 valence electrons. The quantitative estimate of drug-likeness (QED) is 0.627. The molecule has 0 atom stereocenters. The summed E-state index contributed by atoms with van der Waals surface area (Å²) in [5.74, 6) is 5.85. The van der Waals surface area contributed by atoms with Gasteiger partial charge in [-0.25, -0.2) is 0 Å². The number of benzene rings is 1. The highest BCUT2D eigenvalue weighted by atomic mass is 16.5. The Morgan fingerprint density at radius 1 is 1.36 bits per heavy atom. The van der Waals surface area contributed by atoms with Gasteiger partial charge in [-0.1, -0.05) is 30.9 Å². The maximum absolute atomic E-state index is 12.4. The Kier molecular flexibility index (Phi) is 6.19. The lowest BCUT2D eigenvalue weighted by Crippen LogP contribution is -2.39. The highest BCUT2D eigenvalue weighted by molar-refractivity contribution is 6.11. The third-order valence-corrected chi connectivity index (χ3v) is 4.12. The predicted molar refractivity (Wildman–Crippen MR) is 99.0 cm³/mol. The van der Waals surface area contributed by atoms with Gasteiger partial charge in [-0.3, -0.25) is 14.5 Å². The predicted octanol–water partition coefficient (Wildman–Crippen LogP) is 3.42. The molecule has 0 saturated heterocycles. The van der Waals surface area contributed by atoms with Gasteiger partial charge in [0.2, 0.25) is 0 Å². The minimum absolute atomic E-state index is 0.320. The van der Waals surface area contributed by atoms with Crippen molar-refractivity contribution in [3.05, 3.63) is 46.5 Å². The number of imide groups is 1. The molecular formula is C21H23NO3. The lowest BCUT2D eigenvalue weighted by Gasteiger charge is -2.22. The van der Waals surface area contributed by atoms with Crippen LogP contribution in [0.1, 0.15) is 36.5 Å². The topological polar surface area (TPSA) is 46.6 Å². The summed E-state index contributed by atoms with van der Waals surface area (Å²) in [7, 11) is 1.62. The van der Waals surface area contributed by atoms with Gasteiger partial charge in [0, 0.05) is 19.0 Å². The highest BCUT2D eigenvalue weighted by Crippen LogP contribution is 2.24. The SMILES string of the molecule is CCC#CC1=CCCN(C(=O)/C=C/c2cc(C)c(C)c(OC)c2)C1=O. The number of aryl methyl sites for hydroxylation is 1. The Hall–Kier alpha value is -2.80. The van der Waals surface area contributed by atoms with Crippen molar-refractivity contribution in [2.24, 2.45) is 0 Å². The number of methoxy groups -OCH3 is 1. The zero-order chi connectivity index (χ0) is 18.4. The van der Waals surface area contributed by atoms with Crippen molar-refractivity contribution in [2.75, 3.05) is 13.7 Å². The second-order valence-electron chi connectivity index (χ2n) is 5.86. The number of rotatable bonds is 3. The number of hydrogen-bond donors (Lipinski definition) is 0. The smallest absolute Gasteiger partial charge is 0.268 e. The number of carbonyl (C=O) groups is 2. The molecule has 1 aromatic rings. The van der Waals surface area contributed by atoms with E-state index in [9.17, 15) is 9.59 Å². The third kappa shape index (κ3) is 4.39. The Balaban J connectivity index is 2.17. The van der Waals surface area contributed by atoms with Crippen LogP contribution in [0.2, 0.25) is 0 Å². The Labute approximate surface area is 149 Å². The van der Waals surface area contributed by atoms with E-state index >= 15 is 0 Å². The first-order valence-electron chi connectivity index (χ1n) is 8.36. The van der Waals surface area contributed by atoms with Crippen LogP contribution in [0, 0.1) is 25.7 Å². The van der Waals surface area contributed by atoms with Crippen LogP contribution in [0.25, 0.3) is 6.08 Å². The normalized spacial score (nSPS) is 14.2. The zero-order valence-corrected chi connectivity index (χ0v) is 15.2. The molecule has 0 aromatic heterocycles. The first-order chi connectivity index (χ1) is 12.0. The van der Waals surface area contributed by atoms with Gasteiger partial charge in [0.15, 0.2) is 0 Å². The number of nitrogens with zero attached hydrogens (tertiary/aromatic N) is 1. The van der Waals surface area contributed by atoms with Gasteiger partial charge in [0.1, 0.15) is 5.75 Å². The van der Waals surface area contributed by atoms with Crippen LogP contribution in [-0.2, 0) is 9.59 Å². The van der Waals surface area contributed by atoms with Crippen molar-refractivity contribution in [1.29, 1.82) is 0 Å². The van der Waals surface area contributed by atoms with Crippen LogP contribution in [-0.4, -0.2) is 30.4 Å². The minimum Gasteiger partial charge on any atom is -0.496 e. The largest absolute Gasteiger partial charge is 0.496 e. The molecule has 2 rings (SSSR count). The van der Waals surface area contributed by atoms with Crippen molar-refractivity contribution < 1.29 is 14.3 Å². The average Bonchev–Trinajstić information content (AvgIpc) is 2.61. The summed E-state index contributed by atoms with van der Waals surface area (Å²) < 4.78 is 5.35. The summed E-state index contributed by atoms with van der Waals surface area (Å²) in [5, 5.41) is 0. The summed E-state index contributed by atoms with van der Waals surface area (Å²) in [4.78, 5) is 26.0. The molecule has 0 unspecified atom stereocenters. The number of ether oxygens (including phenoxy) is 1. The fraction of sp³-hybridized carbons (Fsp3) is 0.333. The van der Waals surface area contributed by atoms with Crippen LogP contribution >= 0.6 is 0 Å². The van der Waals surface area contributed by atoms with Crippen molar-refractivity contribution in [3.63, 3.8) is 0 Å². The molecule has 0 fully saturated rings. The zero-order valence-electron chi connectivity index (χ0n) is 15.2. The van der Waals surface area contributed by atoms with Crippen molar-refractivity contribution >= 4 is 17.9 Å². The summed E-state index contributed by atoms with van der Waals surface area (Å²) in [5.41, 5.74) is 3.42. The fourth-order valence-corrected chi connectivity index (χ4v) is 2.59. The van der Waals surface area contributed by atoms with E-state index in [1.165, 1.54) is 11.0 Å². The van der Waals surface area contributed by atoms with E-state index in [0.717, 1.165) is 22.4 Å². The molecule has 4 heteroatoms. The summed E-state index contributed by atoms with van der Waals surface area (Å²) >= 11 is 0. The molecule has 0 spiro atoms. The molecule has 25 heavy (non-hydrogen) atoms. The van der Waals surface area contributed by atoms with Crippen molar-refractivity contribution in [2.45, 2.75) is 33.6 Å². The molecule has 0 N–H and O–H groups in total. The van der Waals surface area contributed by atoms with E-state index in [2.05, 4.69) is 11.8 Å². The molecule has 4 nitrogen and oxygen atoms in total. The lowest BCUT2D eigenvalue weighted by molar-refractivity contribution is -0.139. The van der Waals surface area contributed by atoms with Gasteiger partial charge < -0.3 is 4.74 Å². The van der Waals surface area contributed by atoms with Crippen LogP contribution in [0.4, 0.5) is 0 Å². The van der Waals surface area contributed by atoms with Crippen molar-refractivity contribution in [1.82, 2.24) is 4.90 Å². The molecule has 1 heterocycles. The van der Waals surface area contributed by atoms with Gasteiger partial charge in [0.25, 0.3) is 11.8 Å². The van der Waals surface area contributed by atoms with Crippen LogP contribution in [0.5, 0.6) is 5.75 Å². The van der Waals surface area contributed by atoms with Gasteiger partial charge >= 0.3 is 0 Å². The molecule has 1 aliphatic rings. The van der Waals surface area contributed by atoms with E-state index in [1.807, 2.05) is 32.9 Å². The van der Waals surface area contributed by atoms with Gasteiger partial charge in [-0.2, -0.15) is 0 Å². The van der Waals surface area contributed by atoms with Gasteiger partial charge in [-0.05, 0) is 49.1 Å². The van der Waals surface area contributed by atoms with E-state index in [0.29, 0.717) is 25.0 Å². The van der Waals surface area contributed by atoms with Crippen LogP contribution < -0.4 is 4.74 Å². The summed E-state index contributed by atoms with van der Waals surface area (Å²) in [6, 6.07) is 3.86. The maximum Gasteiger partial charge on any atom is 0.268 e. The van der Waals surface area contributed by atoms with Crippen LogP contribution in [0.15, 0.2) is 29.9 Å². The van der Waals surface area contributed by atoms with Crippen molar-refractivity contribution in [3.8, 4) is 17.6 Å². The lowest BCUT2D eigenvalue weighted by atomic mass is 10.0. The molecule has 2 amide bonds. The third-order valence-electron chi connectivity index (χ3n) is 4.12. The van der Waals surface area contributed by atoms with E-state index in [-0.39, 0.29) is 11.8 Å².